The van der Waals surface area contributed by atoms with Gasteiger partial charge in [-0.15, -0.1) is 0 Å². The molecule has 2 aromatic carbocycles. The Morgan fingerprint density at radius 1 is 1.17 bits per heavy atom. The molecule has 0 aliphatic heterocycles. The summed E-state index contributed by atoms with van der Waals surface area (Å²) in [6.07, 6.45) is 1.66. The number of benzene rings is 2. The van der Waals surface area contributed by atoms with Crippen molar-refractivity contribution in [3.05, 3.63) is 64.7 Å². The first-order valence-corrected chi connectivity index (χ1v) is 8.09. The van der Waals surface area contributed by atoms with Crippen LogP contribution >= 0.6 is 0 Å². The third-order valence-corrected chi connectivity index (χ3v) is 3.49. The van der Waals surface area contributed by atoms with Gasteiger partial charge in [-0.05, 0) is 55.2 Å². The Kier molecular flexibility index (Phi) is 6.13. The van der Waals surface area contributed by atoms with E-state index in [0.717, 1.165) is 16.9 Å². The van der Waals surface area contributed by atoms with Crippen LogP contribution in [0, 0.1) is 19.8 Å². The van der Waals surface area contributed by atoms with Gasteiger partial charge in [0.15, 0.2) is 0 Å². The summed E-state index contributed by atoms with van der Waals surface area (Å²) >= 11 is 0. The number of rotatable bonds is 6. The van der Waals surface area contributed by atoms with Gasteiger partial charge in [0.05, 0.1) is 12.8 Å². The van der Waals surface area contributed by atoms with Crippen molar-refractivity contribution < 1.29 is 9.53 Å². The molecule has 0 bridgehead atoms. The minimum Gasteiger partial charge on any atom is -0.493 e. The SMILES string of the molecule is Cc1ccc(C=NNC(=O)c2ccc(OCC(C)C)cc2)c(C)c1. The Bertz CT molecular complexity index is 719. The van der Waals surface area contributed by atoms with Gasteiger partial charge in [-0.1, -0.05) is 37.6 Å². The van der Waals surface area contributed by atoms with Crippen molar-refractivity contribution in [2.75, 3.05) is 6.61 Å². The lowest BCUT2D eigenvalue weighted by atomic mass is 10.1. The van der Waals surface area contributed by atoms with Crippen LogP contribution in [0.4, 0.5) is 0 Å². The molecular formula is C20H24N2O2. The number of ether oxygens (including phenoxy) is 1. The van der Waals surface area contributed by atoms with Gasteiger partial charge in [0, 0.05) is 5.56 Å². The van der Waals surface area contributed by atoms with Crippen molar-refractivity contribution in [1.29, 1.82) is 0 Å². The summed E-state index contributed by atoms with van der Waals surface area (Å²) in [6, 6.07) is 13.2. The van der Waals surface area contributed by atoms with Crippen molar-refractivity contribution in [1.82, 2.24) is 5.43 Å². The molecule has 24 heavy (non-hydrogen) atoms. The number of hydrazone groups is 1. The summed E-state index contributed by atoms with van der Waals surface area (Å²) in [6.45, 7) is 8.91. The monoisotopic (exact) mass is 324 g/mol. The van der Waals surface area contributed by atoms with E-state index < -0.39 is 0 Å². The first kappa shape index (κ1) is 17.7. The molecule has 2 aromatic rings. The number of nitrogens with one attached hydrogen (secondary N) is 1. The lowest BCUT2D eigenvalue weighted by Crippen LogP contribution is -2.17. The molecule has 0 heterocycles. The summed E-state index contributed by atoms with van der Waals surface area (Å²) in [5.74, 6) is 0.984. The van der Waals surface area contributed by atoms with Gasteiger partial charge in [-0.2, -0.15) is 5.10 Å². The molecule has 0 unspecified atom stereocenters. The topological polar surface area (TPSA) is 50.7 Å². The second-order valence-electron chi connectivity index (χ2n) is 6.29. The van der Waals surface area contributed by atoms with E-state index in [-0.39, 0.29) is 5.91 Å². The zero-order valence-corrected chi connectivity index (χ0v) is 14.7. The first-order chi connectivity index (χ1) is 11.5. The Morgan fingerprint density at radius 3 is 2.50 bits per heavy atom. The van der Waals surface area contributed by atoms with Crippen LogP contribution < -0.4 is 10.2 Å². The van der Waals surface area contributed by atoms with Gasteiger partial charge in [0.2, 0.25) is 0 Å². The summed E-state index contributed by atoms with van der Waals surface area (Å²) in [5.41, 5.74) is 6.41. The number of hydrogen-bond donors (Lipinski definition) is 1. The average Bonchev–Trinajstić information content (AvgIpc) is 2.55. The fraction of sp³-hybridized carbons (Fsp3) is 0.300. The summed E-state index contributed by atoms with van der Waals surface area (Å²) in [4.78, 5) is 12.1. The smallest absolute Gasteiger partial charge is 0.271 e. The molecule has 0 fully saturated rings. The van der Waals surface area contributed by atoms with Crippen molar-refractivity contribution in [3.8, 4) is 5.75 Å². The highest BCUT2D eigenvalue weighted by Gasteiger charge is 2.05. The second-order valence-corrected chi connectivity index (χ2v) is 6.29. The van der Waals surface area contributed by atoms with Gasteiger partial charge in [-0.25, -0.2) is 5.43 Å². The van der Waals surface area contributed by atoms with Crippen LogP contribution in [0.15, 0.2) is 47.6 Å². The van der Waals surface area contributed by atoms with E-state index in [1.807, 2.05) is 26.0 Å². The maximum Gasteiger partial charge on any atom is 0.271 e. The number of carbonyl (C=O) groups excluding carboxylic acids is 1. The van der Waals surface area contributed by atoms with Crippen LogP contribution in [0.25, 0.3) is 0 Å². The van der Waals surface area contributed by atoms with Gasteiger partial charge in [-0.3, -0.25) is 4.79 Å². The average molecular weight is 324 g/mol. The molecule has 0 atom stereocenters. The predicted octanol–water partition coefficient (Wildman–Crippen LogP) is 4.10. The zero-order chi connectivity index (χ0) is 17.5. The predicted molar refractivity (Wildman–Crippen MR) is 97.8 cm³/mol. The first-order valence-electron chi connectivity index (χ1n) is 8.09. The fourth-order valence-electron chi connectivity index (χ4n) is 2.16. The molecule has 0 saturated heterocycles. The third-order valence-electron chi connectivity index (χ3n) is 3.49. The summed E-state index contributed by atoms with van der Waals surface area (Å²) < 4.78 is 5.60. The minimum atomic E-state index is -0.244. The molecule has 0 saturated carbocycles. The van der Waals surface area contributed by atoms with E-state index >= 15 is 0 Å². The van der Waals surface area contributed by atoms with Gasteiger partial charge >= 0.3 is 0 Å². The number of amides is 1. The zero-order valence-electron chi connectivity index (χ0n) is 14.7. The van der Waals surface area contributed by atoms with E-state index in [1.165, 1.54) is 5.56 Å². The van der Waals surface area contributed by atoms with E-state index in [2.05, 4.69) is 30.4 Å². The molecule has 4 nitrogen and oxygen atoms in total. The molecule has 0 radical (unpaired) electrons. The molecule has 0 aromatic heterocycles. The second kappa shape index (κ2) is 8.29. The maximum absolute atomic E-state index is 12.1. The number of hydrogen-bond acceptors (Lipinski definition) is 3. The molecule has 4 heteroatoms. The molecule has 2 rings (SSSR count). The van der Waals surface area contributed by atoms with Crippen LogP contribution in [0.5, 0.6) is 5.75 Å². The van der Waals surface area contributed by atoms with Gasteiger partial charge < -0.3 is 4.74 Å². The highest BCUT2D eigenvalue weighted by molar-refractivity contribution is 5.95. The Morgan fingerprint density at radius 2 is 1.88 bits per heavy atom. The Labute approximate surface area is 143 Å². The lowest BCUT2D eigenvalue weighted by molar-refractivity contribution is 0.0955. The molecule has 0 spiro atoms. The highest BCUT2D eigenvalue weighted by atomic mass is 16.5. The Hall–Kier alpha value is -2.62. The van der Waals surface area contributed by atoms with Crippen LogP contribution in [-0.4, -0.2) is 18.7 Å². The van der Waals surface area contributed by atoms with Crippen molar-refractivity contribution in [3.63, 3.8) is 0 Å². The quantitative estimate of drug-likeness (QED) is 0.642. The van der Waals surface area contributed by atoms with Crippen LogP contribution in [0.2, 0.25) is 0 Å². The summed E-state index contributed by atoms with van der Waals surface area (Å²) in [5, 5.41) is 4.03. The van der Waals surface area contributed by atoms with E-state index in [4.69, 9.17) is 4.74 Å². The lowest BCUT2D eigenvalue weighted by Gasteiger charge is -2.08. The van der Waals surface area contributed by atoms with Crippen LogP contribution in [0.1, 0.15) is 40.9 Å². The van der Waals surface area contributed by atoms with Crippen molar-refractivity contribution >= 4 is 12.1 Å². The van der Waals surface area contributed by atoms with Gasteiger partial charge in [0.1, 0.15) is 5.75 Å². The number of nitrogens with zero attached hydrogens (tertiary/aromatic N) is 1. The third kappa shape index (κ3) is 5.23. The van der Waals surface area contributed by atoms with E-state index in [0.29, 0.717) is 18.1 Å². The maximum atomic E-state index is 12.1. The standard InChI is InChI=1S/C20H24N2O2/c1-14(2)13-24-19-9-7-17(8-10-19)20(23)22-21-12-18-6-5-15(3)11-16(18)4/h5-12,14H,13H2,1-4H3,(H,22,23). The van der Waals surface area contributed by atoms with Crippen LogP contribution in [0.3, 0.4) is 0 Å². The molecule has 1 amide bonds. The molecule has 126 valence electrons. The largest absolute Gasteiger partial charge is 0.493 e. The van der Waals surface area contributed by atoms with E-state index in [1.54, 1.807) is 30.5 Å². The number of carbonyl (C=O) groups is 1. The number of aryl methyl sites for hydroxylation is 2. The molecule has 0 aliphatic rings. The van der Waals surface area contributed by atoms with Gasteiger partial charge in [0.25, 0.3) is 5.91 Å². The van der Waals surface area contributed by atoms with Crippen molar-refractivity contribution in [2.24, 2.45) is 11.0 Å². The minimum absolute atomic E-state index is 0.244. The van der Waals surface area contributed by atoms with Crippen LogP contribution in [-0.2, 0) is 0 Å². The molecular weight excluding hydrogens is 300 g/mol. The Balaban J connectivity index is 1.93. The normalized spacial score (nSPS) is 11.0. The molecule has 0 aliphatic carbocycles. The highest BCUT2D eigenvalue weighted by Crippen LogP contribution is 2.13. The molecule has 1 N–H and O–H groups in total. The fourth-order valence-corrected chi connectivity index (χ4v) is 2.16. The van der Waals surface area contributed by atoms with Crippen molar-refractivity contribution in [2.45, 2.75) is 27.7 Å². The summed E-state index contributed by atoms with van der Waals surface area (Å²) in [7, 11) is 0. The van der Waals surface area contributed by atoms with E-state index in [9.17, 15) is 4.79 Å².